The zero-order valence-corrected chi connectivity index (χ0v) is 16.8. The summed E-state index contributed by atoms with van der Waals surface area (Å²) in [6, 6.07) is 13.1. The van der Waals surface area contributed by atoms with Gasteiger partial charge in [-0.05, 0) is 67.1 Å². The molecule has 0 saturated heterocycles. The number of hydrogen-bond donors (Lipinski definition) is 0. The molecular formula is C21H19ClN2O3S. The molecule has 1 aromatic heterocycles. The van der Waals surface area contributed by atoms with Crippen LogP contribution in [-0.4, -0.2) is 21.7 Å². The lowest BCUT2D eigenvalue weighted by Crippen LogP contribution is -2.07. The average Bonchev–Trinajstić information content (AvgIpc) is 3.19. The number of carbonyl (C=O) groups is 1. The summed E-state index contributed by atoms with van der Waals surface area (Å²) in [5, 5.41) is 8.94. The van der Waals surface area contributed by atoms with Crippen molar-refractivity contribution < 1.29 is 13.9 Å². The fourth-order valence-electron chi connectivity index (χ4n) is 3.15. The average molecular weight is 415 g/mol. The molecule has 1 heterocycles. The topological polar surface area (TPSA) is 65.2 Å². The zero-order valence-electron chi connectivity index (χ0n) is 15.2. The maximum absolute atomic E-state index is 12.5. The van der Waals surface area contributed by atoms with Crippen LogP contribution in [0.3, 0.4) is 0 Å². The van der Waals surface area contributed by atoms with Crippen LogP contribution in [0, 0.1) is 0 Å². The van der Waals surface area contributed by atoms with Gasteiger partial charge in [-0.3, -0.25) is 4.79 Å². The van der Waals surface area contributed by atoms with Gasteiger partial charge in [-0.1, -0.05) is 35.5 Å². The Morgan fingerprint density at radius 3 is 2.68 bits per heavy atom. The van der Waals surface area contributed by atoms with E-state index >= 15 is 0 Å². The van der Waals surface area contributed by atoms with Gasteiger partial charge in [0.25, 0.3) is 11.1 Å². The van der Waals surface area contributed by atoms with Crippen molar-refractivity contribution in [2.75, 3.05) is 5.75 Å². The van der Waals surface area contributed by atoms with E-state index in [1.807, 2.05) is 12.1 Å². The van der Waals surface area contributed by atoms with Gasteiger partial charge in [0.15, 0.2) is 12.4 Å². The van der Waals surface area contributed by atoms with Crippen LogP contribution in [0.25, 0.3) is 0 Å². The van der Waals surface area contributed by atoms with Gasteiger partial charge < -0.3 is 9.15 Å². The second kappa shape index (κ2) is 8.80. The normalized spacial score (nSPS) is 13.2. The number of fused-ring (bicyclic) bond motifs is 1. The number of benzene rings is 2. The summed E-state index contributed by atoms with van der Waals surface area (Å²) < 4.78 is 11.1. The molecule has 0 aliphatic heterocycles. The van der Waals surface area contributed by atoms with Crippen LogP contribution in [0.4, 0.5) is 0 Å². The minimum Gasteiger partial charge on any atom is -0.484 e. The van der Waals surface area contributed by atoms with Crippen molar-refractivity contribution in [3.8, 4) is 5.75 Å². The highest BCUT2D eigenvalue weighted by Gasteiger charge is 2.15. The van der Waals surface area contributed by atoms with E-state index in [2.05, 4.69) is 16.3 Å². The molecule has 5 nitrogen and oxygen atoms in total. The highest BCUT2D eigenvalue weighted by atomic mass is 35.5. The number of hydrogen-bond acceptors (Lipinski definition) is 6. The second-order valence-electron chi connectivity index (χ2n) is 6.61. The Kier molecular flexibility index (Phi) is 5.98. The summed E-state index contributed by atoms with van der Waals surface area (Å²) in [6.07, 6.45) is 4.60. The summed E-state index contributed by atoms with van der Waals surface area (Å²) in [7, 11) is 0. The third kappa shape index (κ3) is 4.75. The number of aromatic nitrogens is 2. The predicted molar refractivity (Wildman–Crippen MR) is 108 cm³/mol. The summed E-state index contributed by atoms with van der Waals surface area (Å²) in [5.41, 5.74) is 3.43. The van der Waals surface area contributed by atoms with E-state index in [-0.39, 0.29) is 18.1 Å². The van der Waals surface area contributed by atoms with Crippen LogP contribution < -0.4 is 4.74 Å². The Morgan fingerprint density at radius 1 is 1.07 bits per heavy atom. The fraction of sp³-hybridized carbons (Fsp3) is 0.286. The number of ether oxygens (including phenoxy) is 1. The highest BCUT2D eigenvalue weighted by Crippen LogP contribution is 2.24. The van der Waals surface area contributed by atoms with E-state index in [9.17, 15) is 4.79 Å². The Balaban J connectivity index is 1.30. The molecule has 28 heavy (non-hydrogen) atoms. The third-order valence-corrected chi connectivity index (χ3v) is 5.69. The van der Waals surface area contributed by atoms with Gasteiger partial charge in [0.1, 0.15) is 5.75 Å². The van der Waals surface area contributed by atoms with Crippen LogP contribution >= 0.6 is 23.4 Å². The molecule has 144 valence electrons. The van der Waals surface area contributed by atoms with Gasteiger partial charge in [0, 0.05) is 10.6 Å². The van der Waals surface area contributed by atoms with E-state index in [0.717, 1.165) is 18.4 Å². The molecule has 0 radical (unpaired) electrons. The van der Waals surface area contributed by atoms with E-state index in [1.54, 1.807) is 24.3 Å². The fourth-order valence-corrected chi connectivity index (χ4v) is 3.95. The first-order valence-electron chi connectivity index (χ1n) is 9.16. The third-order valence-electron chi connectivity index (χ3n) is 4.62. The molecule has 1 aliphatic rings. The van der Waals surface area contributed by atoms with E-state index in [1.165, 1.54) is 35.7 Å². The highest BCUT2D eigenvalue weighted by molar-refractivity contribution is 7.99. The molecule has 0 atom stereocenters. The summed E-state index contributed by atoms with van der Waals surface area (Å²) in [4.78, 5) is 12.5. The van der Waals surface area contributed by atoms with Gasteiger partial charge >= 0.3 is 0 Å². The van der Waals surface area contributed by atoms with Crippen molar-refractivity contribution in [1.82, 2.24) is 10.2 Å². The van der Waals surface area contributed by atoms with Crippen molar-refractivity contribution in [2.45, 2.75) is 37.5 Å². The van der Waals surface area contributed by atoms with Gasteiger partial charge in [-0.2, -0.15) is 0 Å². The molecule has 1 aliphatic carbocycles. The largest absolute Gasteiger partial charge is 0.484 e. The van der Waals surface area contributed by atoms with Crippen molar-refractivity contribution in [3.05, 3.63) is 70.1 Å². The number of carbonyl (C=O) groups excluding carboxylic acids is 1. The number of thioether (sulfide) groups is 1. The Labute approximate surface area is 172 Å². The number of rotatable bonds is 7. The Bertz CT molecular complexity index is 972. The van der Waals surface area contributed by atoms with Crippen LogP contribution in [0.5, 0.6) is 5.75 Å². The monoisotopic (exact) mass is 414 g/mol. The number of halogens is 1. The van der Waals surface area contributed by atoms with Crippen molar-refractivity contribution in [2.24, 2.45) is 0 Å². The maximum Gasteiger partial charge on any atom is 0.277 e. The molecule has 0 spiro atoms. The molecule has 0 unspecified atom stereocenters. The Hall–Kier alpha value is -2.31. The first-order valence-corrected chi connectivity index (χ1v) is 10.5. The molecule has 0 amide bonds. The van der Waals surface area contributed by atoms with Crippen LogP contribution in [0.2, 0.25) is 5.02 Å². The zero-order chi connectivity index (χ0) is 19.3. The molecule has 3 aromatic rings. The molecule has 4 rings (SSSR count). The maximum atomic E-state index is 12.5. The summed E-state index contributed by atoms with van der Waals surface area (Å²) in [6.45, 7) is 0.161. The number of ketones is 1. The number of aryl methyl sites for hydroxylation is 2. The number of nitrogens with zero attached hydrogens (tertiary/aromatic N) is 2. The minimum absolute atomic E-state index is 0.0653. The molecule has 0 saturated carbocycles. The molecular weight excluding hydrogens is 396 g/mol. The quantitative estimate of drug-likeness (QED) is 0.393. The van der Waals surface area contributed by atoms with E-state index in [0.29, 0.717) is 21.9 Å². The van der Waals surface area contributed by atoms with Gasteiger partial charge in [-0.15, -0.1) is 10.2 Å². The molecule has 0 bridgehead atoms. The first-order chi connectivity index (χ1) is 13.7. The lowest BCUT2D eigenvalue weighted by molar-refractivity contribution is 0.102. The van der Waals surface area contributed by atoms with Crippen LogP contribution in [0.15, 0.2) is 52.1 Å². The standard InChI is InChI=1S/C21H19ClN2O3S/c22-17-7-9-18(10-8-17)26-12-20-23-24-21(27-20)28-13-19(25)16-6-5-14-3-1-2-4-15(14)11-16/h5-11H,1-4,12-13H2. The molecule has 0 N–H and O–H groups in total. The first kappa shape index (κ1) is 19.0. The predicted octanol–water partition coefficient (Wildman–Crippen LogP) is 5.16. The van der Waals surface area contributed by atoms with Gasteiger partial charge in [0.2, 0.25) is 0 Å². The van der Waals surface area contributed by atoms with E-state index in [4.69, 9.17) is 20.8 Å². The van der Waals surface area contributed by atoms with E-state index < -0.39 is 0 Å². The van der Waals surface area contributed by atoms with Crippen LogP contribution in [0.1, 0.15) is 40.2 Å². The summed E-state index contributed by atoms with van der Waals surface area (Å²) in [5.74, 6) is 1.35. The molecule has 7 heteroatoms. The Morgan fingerprint density at radius 2 is 1.86 bits per heavy atom. The van der Waals surface area contributed by atoms with Crippen molar-refractivity contribution in [3.63, 3.8) is 0 Å². The summed E-state index contributed by atoms with van der Waals surface area (Å²) >= 11 is 7.09. The lowest BCUT2D eigenvalue weighted by atomic mass is 9.90. The lowest BCUT2D eigenvalue weighted by Gasteiger charge is -2.16. The van der Waals surface area contributed by atoms with Gasteiger partial charge in [-0.25, -0.2) is 0 Å². The molecule has 2 aromatic carbocycles. The smallest absolute Gasteiger partial charge is 0.277 e. The van der Waals surface area contributed by atoms with Crippen LogP contribution in [-0.2, 0) is 19.4 Å². The minimum atomic E-state index is 0.0653. The number of Topliss-reactive ketones (excluding diaryl/α,β-unsaturated/α-hetero) is 1. The van der Waals surface area contributed by atoms with Gasteiger partial charge in [0.05, 0.1) is 5.75 Å². The molecule has 0 fully saturated rings. The SMILES string of the molecule is O=C(CSc1nnc(COc2ccc(Cl)cc2)o1)c1ccc2c(c1)CCCC2. The van der Waals surface area contributed by atoms with Crippen molar-refractivity contribution >= 4 is 29.1 Å². The van der Waals surface area contributed by atoms with Crippen molar-refractivity contribution in [1.29, 1.82) is 0 Å². The second-order valence-corrected chi connectivity index (χ2v) is 7.97.